The number of carbonyl (C=O) groups is 1. The second kappa shape index (κ2) is 5.21. The van der Waals surface area contributed by atoms with Crippen molar-refractivity contribution in [1.29, 1.82) is 0 Å². The lowest BCUT2D eigenvalue weighted by atomic mass is 10.0. The summed E-state index contributed by atoms with van der Waals surface area (Å²) in [5.41, 5.74) is 1.42. The van der Waals surface area contributed by atoms with E-state index in [1.54, 1.807) is 28.3 Å². The van der Waals surface area contributed by atoms with Crippen LogP contribution in [0.15, 0.2) is 42.4 Å². The number of hydrogen-bond acceptors (Lipinski definition) is 3. The molecule has 0 radical (unpaired) electrons. The summed E-state index contributed by atoms with van der Waals surface area (Å²) in [5.74, 6) is -0.100. The van der Waals surface area contributed by atoms with E-state index in [4.69, 9.17) is 0 Å². The van der Waals surface area contributed by atoms with Crippen molar-refractivity contribution >= 4 is 22.8 Å². The molecule has 0 atom stereocenters. The average Bonchev–Trinajstić information content (AvgIpc) is 2.86. The van der Waals surface area contributed by atoms with Crippen molar-refractivity contribution in [1.82, 2.24) is 0 Å². The lowest BCUT2D eigenvalue weighted by molar-refractivity contribution is -0.582. The maximum Gasteiger partial charge on any atom is 0.241 e. The van der Waals surface area contributed by atoms with E-state index in [0.717, 1.165) is 5.56 Å². The van der Waals surface area contributed by atoms with Crippen molar-refractivity contribution in [2.45, 2.75) is 26.2 Å². The number of carbonyl (C=O) groups excluding carboxylic acids is 1. The number of allylic oxidation sites excluding steroid dienone is 2. The number of rotatable bonds is 2. The molecule has 102 valence electrons. The zero-order valence-electron chi connectivity index (χ0n) is 11.3. The highest BCUT2D eigenvalue weighted by Crippen LogP contribution is 2.27. The quantitative estimate of drug-likeness (QED) is 0.795. The summed E-state index contributed by atoms with van der Waals surface area (Å²) in [6.45, 7) is 2.08. The summed E-state index contributed by atoms with van der Waals surface area (Å²) in [6, 6.07) is 8.08. The summed E-state index contributed by atoms with van der Waals surface area (Å²) < 4.78 is 1.66. The fourth-order valence-electron chi connectivity index (χ4n) is 2.42. The topological polar surface area (TPSA) is 44.0 Å². The van der Waals surface area contributed by atoms with Crippen LogP contribution in [0.1, 0.15) is 24.1 Å². The van der Waals surface area contributed by atoms with Crippen molar-refractivity contribution in [3.8, 4) is 10.4 Å². The fourth-order valence-corrected chi connectivity index (χ4v) is 3.29. The number of pyridine rings is 1. The van der Waals surface area contributed by atoms with Crippen LogP contribution in [0.5, 0.6) is 0 Å². The Bertz CT molecular complexity index is 683. The third-order valence-corrected chi connectivity index (χ3v) is 4.50. The molecule has 1 aliphatic carbocycles. The van der Waals surface area contributed by atoms with Gasteiger partial charge in [0.15, 0.2) is 12.4 Å². The van der Waals surface area contributed by atoms with Crippen LogP contribution >= 0.6 is 11.3 Å². The van der Waals surface area contributed by atoms with Gasteiger partial charge in [-0.05, 0) is 31.9 Å². The van der Waals surface area contributed by atoms with Gasteiger partial charge in [0.1, 0.15) is 0 Å². The highest BCUT2D eigenvalue weighted by atomic mass is 32.1. The SMILES string of the molecule is Cc1ccc(-c2cc[n+](C3=C([O-])CCCC3=O)cc2)s1. The van der Waals surface area contributed by atoms with Crippen LogP contribution in [0.2, 0.25) is 0 Å². The number of hydrogen-bond donors (Lipinski definition) is 0. The van der Waals surface area contributed by atoms with Crippen molar-refractivity contribution in [3.63, 3.8) is 0 Å². The van der Waals surface area contributed by atoms with Crippen LogP contribution in [-0.2, 0) is 4.79 Å². The molecular formula is C16H15NO2S. The fraction of sp³-hybridized carbons (Fsp3) is 0.250. The third kappa shape index (κ3) is 2.39. The van der Waals surface area contributed by atoms with Gasteiger partial charge in [0, 0.05) is 33.9 Å². The molecule has 0 bridgehead atoms. The Morgan fingerprint density at radius 1 is 1.15 bits per heavy atom. The van der Waals surface area contributed by atoms with E-state index in [2.05, 4.69) is 19.1 Å². The van der Waals surface area contributed by atoms with E-state index in [1.165, 1.54) is 9.75 Å². The van der Waals surface area contributed by atoms with E-state index in [-0.39, 0.29) is 11.5 Å². The monoisotopic (exact) mass is 285 g/mol. The molecule has 0 N–H and O–H groups in total. The Morgan fingerprint density at radius 3 is 2.50 bits per heavy atom. The molecule has 0 amide bonds. The van der Waals surface area contributed by atoms with Crippen LogP contribution in [-0.4, -0.2) is 5.78 Å². The van der Waals surface area contributed by atoms with E-state index < -0.39 is 0 Å². The first-order chi connectivity index (χ1) is 9.65. The Hall–Kier alpha value is -1.94. The van der Waals surface area contributed by atoms with Gasteiger partial charge in [-0.2, -0.15) is 4.57 Å². The minimum Gasteiger partial charge on any atom is -0.871 e. The first-order valence-electron chi connectivity index (χ1n) is 6.67. The molecule has 0 saturated heterocycles. The molecule has 0 fully saturated rings. The lowest BCUT2D eigenvalue weighted by Crippen LogP contribution is -2.40. The Balaban J connectivity index is 1.95. The standard InChI is InChI=1S/C16H15NO2S/c1-11-5-6-15(20-11)12-7-9-17(10-8-12)16-13(18)3-2-4-14(16)19/h5-10H,2-4H2,1H3. The normalized spacial score (nSPS) is 15.8. The van der Waals surface area contributed by atoms with Gasteiger partial charge in [0.25, 0.3) is 0 Å². The van der Waals surface area contributed by atoms with Gasteiger partial charge in [0.2, 0.25) is 11.5 Å². The molecule has 3 nitrogen and oxygen atoms in total. The minimum atomic E-state index is -0.0500. The van der Waals surface area contributed by atoms with Crippen LogP contribution < -0.4 is 9.67 Å². The van der Waals surface area contributed by atoms with Crippen LogP contribution in [0.4, 0.5) is 0 Å². The zero-order valence-corrected chi connectivity index (χ0v) is 12.1. The van der Waals surface area contributed by atoms with E-state index >= 15 is 0 Å². The van der Waals surface area contributed by atoms with Crippen LogP contribution in [0, 0.1) is 6.92 Å². The molecule has 1 aliphatic rings. The highest BCUT2D eigenvalue weighted by molar-refractivity contribution is 7.15. The summed E-state index contributed by atoms with van der Waals surface area (Å²) in [4.78, 5) is 14.3. The van der Waals surface area contributed by atoms with Gasteiger partial charge in [0.05, 0.1) is 0 Å². The third-order valence-electron chi connectivity index (χ3n) is 3.45. The smallest absolute Gasteiger partial charge is 0.241 e. The number of Topliss-reactive ketones (excluding diaryl/α,β-unsaturated/α-hetero) is 1. The van der Waals surface area contributed by atoms with Crippen LogP contribution in [0.3, 0.4) is 0 Å². The molecule has 0 aliphatic heterocycles. The molecular weight excluding hydrogens is 270 g/mol. The predicted octanol–water partition coefficient (Wildman–Crippen LogP) is 2.29. The summed E-state index contributed by atoms with van der Waals surface area (Å²) in [6.07, 6.45) is 5.23. The molecule has 0 unspecified atom stereocenters. The summed E-state index contributed by atoms with van der Waals surface area (Å²) in [5, 5.41) is 11.9. The molecule has 3 rings (SSSR count). The number of nitrogens with zero attached hydrogens (tertiary/aromatic N) is 1. The number of aromatic nitrogens is 1. The maximum atomic E-state index is 11.9. The number of ketones is 1. The first kappa shape index (κ1) is 13.1. The van der Waals surface area contributed by atoms with Gasteiger partial charge in [-0.1, -0.05) is 5.76 Å². The van der Waals surface area contributed by atoms with Crippen LogP contribution in [0.25, 0.3) is 16.1 Å². The second-order valence-electron chi connectivity index (χ2n) is 4.95. The summed E-state index contributed by atoms with van der Waals surface area (Å²) >= 11 is 1.73. The van der Waals surface area contributed by atoms with E-state index in [1.807, 2.05) is 12.1 Å². The molecule has 2 aromatic rings. The van der Waals surface area contributed by atoms with Gasteiger partial charge in [-0.15, -0.1) is 11.3 Å². The van der Waals surface area contributed by atoms with E-state index in [9.17, 15) is 9.90 Å². The molecule has 2 aromatic heterocycles. The molecule has 0 spiro atoms. The Morgan fingerprint density at radius 2 is 1.90 bits per heavy atom. The first-order valence-corrected chi connectivity index (χ1v) is 7.48. The zero-order chi connectivity index (χ0) is 14.1. The van der Waals surface area contributed by atoms with Gasteiger partial charge < -0.3 is 5.11 Å². The summed E-state index contributed by atoms with van der Waals surface area (Å²) in [7, 11) is 0. The minimum absolute atomic E-state index is 0.0500. The number of thiophene rings is 1. The van der Waals surface area contributed by atoms with Gasteiger partial charge in [-0.3, -0.25) is 4.79 Å². The Labute approximate surface area is 121 Å². The molecule has 20 heavy (non-hydrogen) atoms. The van der Waals surface area contributed by atoms with Crippen molar-refractivity contribution < 1.29 is 14.5 Å². The van der Waals surface area contributed by atoms with Crippen molar-refractivity contribution in [2.24, 2.45) is 0 Å². The second-order valence-corrected chi connectivity index (χ2v) is 6.24. The maximum absolute atomic E-state index is 11.9. The largest absolute Gasteiger partial charge is 0.871 e. The number of aryl methyl sites for hydroxylation is 1. The lowest BCUT2D eigenvalue weighted by Gasteiger charge is -2.18. The Kier molecular flexibility index (Phi) is 3.40. The average molecular weight is 285 g/mol. The molecule has 4 heteroatoms. The molecule has 0 aromatic carbocycles. The van der Waals surface area contributed by atoms with Gasteiger partial charge in [-0.25, -0.2) is 0 Å². The van der Waals surface area contributed by atoms with Crippen molar-refractivity contribution in [2.75, 3.05) is 0 Å². The molecule has 2 heterocycles. The highest BCUT2D eigenvalue weighted by Gasteiger charge is 2.24. The van der Waals surface area contributed by atoms with Crippen molar-refractivity contribution in [3.05, 3.63) is 47.3 Å². The predicted molar refractivity (Wildman–Crippen MR) is 76.8 cm³/mol. The van der Waals surface area contributed by atoms with Gasteiger partial charge >= 0.3 is 0 Å². The van der Waals surface area contributed by atoms with E-state index in [0.29, 0.717) is 25.0 Å². The molecule has 0 saturated carbocycles.